The fourth-order valence-corrected chi connectivity index (χ4v) is 2.00. The molecule has 1 aromatic rings. The summed E-state index contributed by atoms with van der Waals surface area (Å²) in [6.07, 6.45) is -0.330. The van der Waals surface area contributed by atoms with E-state index in [1.165, 1.54) is 6.07 Å². The zero-order chi connectivity index (χ0) is 16.2. The molecule has 1 aromatic carbocycles. The predicted molar refractivity (Wildman–Crippen MR) is 77.6 cm³/mol. The lowest BCUT2D eigenvalue weighted by Crippen LogP contribution is -2.50. The molecule has 0 spiro atoms. The molecule has 7 heteroatoms. The number of rotatable bonds is 7. The van der Waals surface area contributed by atoms with Gasteiger partial charge < -0.3 is 15.2 Å². The van der Waals surface area contributed by atoms with E-state index in [4.69, 9.17) is 4.74 Å². The van der Waals surface area contributed by atoms with E-state index in [-0.39, 0.29) is 17.9 Å². The van der Waals surface area contributed by atoms with E-state index in [0.717, 1.165) is 5.56 Å². The van der Waals surface area contributed by atoms with Crippen molar-refractivity contribution in [2.24, 2.45) is 0 Å². The third-order valence-corrected chi connectivity index (χ3v) is 3.36. The van der Waals surface area contributed by atoms with Gasteiger partial charge in [0.2, 0.25) is 0 Å². The van der Waals surface area contributed by atoms with Crippen molar-refractivity contribution in [1.29, 1.82) is 0 Å². The van der Waals surface area contributed by atoms with Crippen molar-refractivity contribution in [3.05, 3.63) is 33.9 Å². The number of carboxylic acid groups (broad SMARTS) is 1. The normalized spacial score (nSPS) is 15.0. The monoisotopic (exact) mass is 296 g/mol. The van der Waals surface area contributed by atoms with Crippen LogP contribution >= 0.6 is 0 Å². The highest BCUT2D eigenvalue weighted by atomic mass is 16.6. The first kappa shape index (κ1) is 16.9. The van der Waals surface area contributed by atoms with Gasteiger partial charge in [0.15, 0.2) is 5.75 Å². The SMILES string of the molecule is CNC(C)(CC(C)Oc1cc(C)ccc1[N+](=O)[O-])C(=O)O. The number of nitrogens with one attached hydrogen (secondary N) is 1. The lowest BCUT2D eigenvalue weighted by molar-refractivity contribution is -0.386. The largest absolute Gasteiger partial charge is 0.484 e. The summed E-state index contributed by atoms with van der Waals surface area (Å²) in [5.74, 6) is -0.851. The van der Waals surface area contributed by atoms with Gasteiger partial charge in [-0.1, -0.05) is 6.07 Å². The first-order valence-corrected chi connectivity index (χ1v) is 6.53. The molecule has 0 heterocycles. The summed E-state index contributed by atoms with van der Waals surface area (Å²) in [5.41, 5.74) is -0.454. The van der Waals surface area contributed by atoms with Crippen molar-refractivity contribution in [2.45, 2.75) is 38.8 Å². The second-order valence-electron chi connectivity index (χ2n) is 5.25. The topological polar surface area (TPSA) is 102 Å². The van der Waals surface area contributed by atoms with E-state index in [1.54, 1.807) is 40.0 Å². The maximum Gasteiger partial charge on any atom is 0.323 e. The number of carboxylic acids is 1. The number of nitro benzene ring substituents is 1. The molecule has 2 unspecified atom stereocenters. The molecular formula is C14H20N2O5. The highest BCUT2D eigenvalue weighted by Gasteiger charge is 2.34. The van der Waals surface area contributed by atoms with Crippen molar-refractivity contribution in [2.75, 3.05) is 7.05 Å². The number of benzene rings is 1. The molecule has 2 N–H and O–H groups in total. The van der Waals surface area contributed by atoms with Crippen LogP contribution in [-0.2, 0) is 4.79 Å². The summed E-state index contributed by atoms with van der Waals surface area (Å²) in [4.78, 5) is 21.7. The summed E-state index contributed by atoms with van der Waals surface area (Å²) in [6, 6.07) is 4.59. The third-order valence-electron chi connectivity index (χ3n) is 3.36. The van der Waals surface area contributed by atoms with Crippen molar-refractivity contribution in [1.82, 2.24) is 5.32 Å². The van der Waals surface area contributed by atoms with Crippen LogP contribution in [-0.4, -0.2) is 34.7 Å². The molecule has 0 aliphatic rings. The number of ether oxygens (including phenoxy) is 1. The molecule has 0 fully saturated rings. The highest BCUT2D eigenvalue weighted by molar-refractivity contribution is 5.78. The molecular weight excluding hydrogens is 276 g/mol. The van der Waals surface area contributed by atoms with Gasteiger partial charge in [-0.25, -0.2) is 0 Å². The zero-order valence-corrected chi connectivity index (χ0v) is 12.5. The fraction of sp³-hybridized carbons (Fsp3) is 0.500. The van der Waals surface area contributed by atoms with E-state index < -0.39 is 22.5 Å². The number of aryl methyl sites for hydroxylation is 1. The van der Waals surface area contributed by atoms with Crippen LogP contribution in [0.25, 0.3) is 0 Å². The van der Waals surface area contributed by atoms with E-state index in [1.807, 2.05) is 0 Å². The van der Waals surface area contributed by atoms with Crippen molar-refractivity contribution >= 4 is 11.7 Å². The van der Waals surface area contributed by atoms with Crippen molar-refractivity contribution in [3.63, 3.8) is 0 Å². The maximum atomic E-state index is 11.2. The van der Waals surface area contributed by atoms with Gasteiger partial charge in [-0.05, 0) is 39.4 Å². The molecule has 0 saturated carbocycles. The standard InChI is InChI=1S/C14H20N2O5/c1-9-5-6-11(16(19)20)12(7-9)21-10(2)8-14(3,15-4)13(17)18/h5-7,10,15H,8H2,1-4H3,(H,17,18). The number of likely N-dealkylation sites (N-methyl/N-ethyl adjacent to an activating group) is 1. The highest BCUT2D eigenvalue weighted by Crippen LogP contribution is 2.29. The van der Waals surface area contributed by atoms with Gasteiger partial charge >= 0.3 is 11.7 Å². The Hall–Kier alpha value is -2.15. The Labute approximate surface area is 123 Å². The number of carbonyl (C=O) groups is 1. The molecule has 0 aliphatic heterocycles. The minimum Gasteiger partial charge on any atom is -0.484 e. The third kappa shape index (κ3) is 4.16. The number of nitro groups is 1. The summed E-state index contributed by atoms with van der Waals surface area (Å²) in [6.45, 7) is 5.03. The van der Waals surface area contributed by atoms with Gasteiger partial charge in [0.1, 0.15) is 5.54 Å². The van der Waals surface area contributed by atoms with E-state index in [9.17, 15) is 20.0 Å². The number of aliphatic carboxylic acids is 1. The molecule has 21 heavy (non-hydrogen) atoms. The van der Waals surface area contributed by atoms with E-state index in [2.05, 4.69) is 5.32 Å². The number of nitrogens with zero attached hydrogens (tertiary/aromatic N) is 1. The Morgan fingerprint density at radius 2 is 2.19 bits per heavy atom. The average molecular weight is 296 g/mol. The average Bonchev–Trinajstić information content (AvgIpc) is 2.37. The van der Waals surface area contributed by atoms with Crippen LogP contribution in [0, 0.1) is 17.0 Å². The Morgan fingerprint density at radius 1 is 1.57 bits per heavy atom. The first-order valence-electron chi connectivity index (χ1n) is 6.53. The summed E-state index contributed by atoms with van der Waals surface area (Å²) in [7, 11) is 1.55. The second kappa shape index (κ2) is 6.53. The molecule has 7 nitrogen and oxygen atoms in total. The molecule has 0 amide bonds. The van der Waals surface area contributed by atoms with E-state index >= 15 is 0 Å². The Bertz CT molecular complexity index is 546. The molecule has 1 rings (SSSR count). The first-order chi connectivity index (χ1) is 9.69. The summed E-state index contributed by atoms with van der Waals surface area (Å²) in [5, 5.41) is 22.9. The van der Waals surface area contributed by atoms with Crippen LogP contribution in [0.2, 0.25) is 0 Å². The minimum atomic E-state index is -1.15. The fourth-order valence-electron chi connectivity index (χ4n) is 2.00. The molecule has 116 valence electrons. The summed E-state index contributed by atoms with van der Waals surface area (Å²) < 4.78 is 5.59. The Morgan fingerprint density at radius 3 is 2.67 bits per heavy atom. The maximum absolute atomic E-state index is 11.2. The Balaban J connectivity index is 2.93. The van der Waals surface area contributed by atoms with Crippen molar-refractivity contribution in [3.8, 4) is 5.75 Å². The van der Waals surface area contributed by atoms with Crippen LogP contribution < -0.4 is 10.1 Å². The molecule has 0 saturated heterocycles. The number of hydrogen-bond acceptors (Lipinski definition) is 5. The minimum absolute atomic E-state index is 0.131. The van der Waals surface area contributed by atoms with Crippen LogP contribution in [0.4, 0.5) is 5.69 Å². The Kier molecular flexibility index (Phi) is 5.26. The van der Waals surface area contributed by atoms with Crippen LogP contribution in [0.15, 0.2) is 18.2 Å². The van der Waals surface area contributed by atoms with Crippen LogP contribution in [0.3, 0.4) is 0 Å². The smallest absolute Gasteiger partial charge is 0.323 e. The zero-order valence-electron chi connectivity index (χ0n) is 12.5. The van der Waals surface area contributed by atoms with Crippen molar-refractivity contribution < 1.29 is 19.6 Å². The van der Waals surface area contributed by atoms with Crippen LogP contribution in [0.5, 0.6) is 5.75 Å². The lowest BCUT2D eigenvalue weighted by atomic mass is 9.95. The molecule has 0 aromatic heterocycles. The van der Waals surface area contributed by atoms with Gasteiger partial charge in [-0.3, -0.25) is 14.9 Å². The van der Waals surface area contributed by atoms with Gasteiger partial charge in [0.05, 0.1) is 11.0 Å². The van der Waals surface area contributed by atoms with Crippen LogP contribution in [0.1, 0.15) is 25.8 Å². The molecule has 0 radical (unpaired) electrons. The molecule has 2 atom stereocenters. The second-order valence-corrected chi connectivity index (χ2v) is 5.25. The van der Waals surface area contributed by atoms with E-state index in [0.29, 0.717) is 0 Å². The molecule has 0 aliphatic carbocycles. The molecule has 0 bridgehead atoms. The predicted octanol–water partition coefficient (Wildman–Crippen LogP) is 2.12. The number of hydrogen-bond donors (Lipinski definition) is 2. The van der Waals surface area contributed by atoms with Gasteiger partial charge in [-0.15, -0.1) is 0 Å². The lowest BCUT2D eigenvalue weighted by Gasteiger charge is -2.27. The van der Waals surface area contributed by atoms with Gasteiger partial charge in [-0.2, -0.15) is 0 Å². The van der Waals surface area contributed by atoms with Gasteiger partial charge in [0, 0.05) is 12.5 Å². The van der Waals surface area contributed by atoms with Gasteiger partial charge in [0.25, 0.3) is 0 Å². The summed E-state index contributed by atoms with van der Waals surface area (Å²) >= 11 is 0. The quantitative estimate of drug-likeness (QED) is 0.590.